The van der Waals surface area contributed by atoms with E-state index in [1.165, 1.54) is 37.6 Å². The smallest absolute Gasteiger partial charge is 0.354 e. The summed E-state index contributed by atoms with van der Waals surface area (Å²) in [5, 5.41) is 12.9. The van der Waals surface area contributed by atoms with Gasteiger partial charge in [-0.25, -0.2) is 15.0 Å². The minimum atomic E-state index is -1.21. The Morgan fingerprint density at radius 1 is 1.27 bits per heavy atom. The quantitative estimate of drug-likeness (QED) is 0.441. The summed E-state index contributed by atoms with van der Waals surface area (Å²) in [5.74, 6) is 4.23. The van der Waals surface area contributed by atoms with Crippen LogP contribution in [0.2, 0.25) is 0 Å². The first-order valence-electron chi connectivity index (χ1n) is 6.41. The van der Waals surface area contributed by atoms with Crippen molar-refractivity contribution in [3.63, 3.8) is 0 Å². The van der Waals surface area contributed by atoms with Gasteiger partial charge in [-0.3, -0.25) is 9.99 Å². The third kappa shape index (κ3) is 3.04. The molecule has 0 aliphatic heterocycles. The van der Waals surface area contributed by atoms with Gasteiger partial charge in [0.05, 0.1) is 11.4 Å². The third-order valence-corrected chi connectivity index (χ3v) is 3.01. The average molecular weight is 302 g/mol. The van der Waals surface area contributed by atoms with Gasteiger partial charge in [-0.2, -0.15) is 0 Å². The van der Waals surface area contributed by atoms with Gasteiger partial charge in [0, 0.05) is 25.0 Å². The molecule has 0 spiro atoms. The first kappa shape index (κ1) is 15.5. The number of nitrogens with one attached hydrogen (secondary N) is 1. The maximum atomic E-state index is 14.0. The van der Waals surface area contributed by atoms with Crippen molar-refractivity contribution in [2.75, 3.05) is 12.1 Å². The molecule has 7 heteroatoms. The van der Waals surface area contributed by atoms with Crippen LogP contribution in [0.5, 0.6) is 0 Å². The van der Waals surface area contributed by atoms with E-state index in [2.05, 4.69) is 10.3 Å². The van der Waals surface area contributed by atoms with Crippen molar-refractivity contribution in [2.24, 2.45) is 5.84 Å². The van der Waals surface area contributed by atoms with Crippen LogP contribution >= 0.6 is 0 Å². The molecule has 6 nitrogen and oxygen atoms in total. The lowest BCUT2D eigenvalue weighted by atomic mass is 10.1. The summed E-state index contributed by atoms with van der Waals surface area (Å²) >= 11 is 0. The Hall–Kier alpha value is -2.93. The lowest BCUT2D eigenvalue weighted by molar-refractivity contribution is -0.132. The van der Waals surface area contributed by atoms with Crippen molar-refractivity contribution in [2.45, 2.75) is 0 Å². The number of hydrogen-bond acceptors (Lipinski definition) is 5. The van der Waals surface area contributed by atoms with Gasteiger partial charge in [-0.05, 0) is 24.3 Å². The highest BCUT2D eigenvalue weighted by Gasteiger charge is 2.22. The van der Waals surface area contributed by atoms with E-state index in [0.717, 1.165) is 5.01 Å². The molecule has 0 fully saturated rings. The summed E-state index contributed by atoms with van der Waals surface area (Å²) < 4.78 is 14.0. The number of benzene rings is 1. The van der Waals surface area contributed by atoms with E-state index < -0.39 is 11.8 Å². The predicted octanol–water partition coefficient (Wildman–Crippen LogP) is 1.57. The van der Waals surface area contributed by atoms with Crippen LogP contribution in [-0.4, -0.2) is 23.1 Å². The normalized spacial score (nSPS) is 11.6. The fraction of sp³-hybridized carbons (Fsp3) is 0.0667. The van der Waals surface area contributed by atoms with Crippen LogP contribution in [0.3, 0.4) is 0 Å². The van der Waals surface area contributed by atoms with Crippen molar-refractivity contribution in [1.29, 1.82) is 0 Å². The number of rotatable bonds is 5. The Morgan fingerprint density at radius 3 is 2.45 bits per heavy atom. The lowest BCUT2D eigenvalue weighted by Crippen LogP contribution is -2.34. The number of aliphatic carboxylic acids is 1. The topological polar surface area (TPSA) is 91.5 Å². The number of anilines is 1. The molecule has 114 valence electrons. The molecule has 22 heavy (non-hydrogen) atoms. The minimum Gasteiger partial charge on any atom is -0.477 e. The van der Waals surface area contributed by atoms with Crippen LogP contribution in [-0.2, 0) is 4.79 Å². The first-order chi connectivity index (χ1) is 10.6. The number of carboxylic acids is 1. The van der Waals surface area contributed by atoms with Gasteiger partial charge < -0.3 is 10.4 Å². The van der Waals surface area contributed by atoms with Crippen LogP contribution in [0.15, 0.2) is 54.5 Å². The van der Waals surface area contributed by atoms with Crippen molar-refractivity contribution in [3.05, 3.63) is 65.9 Å². The van der Waals surface area contributed by atoms with E-state index in [9.17, 15) is 14.3 Å². The van der Waals surface area contributed by atoms with Gasteiger partial charge >= 0.3 is 5.97 Å². The summed E-state index contributed by atoms with van der Waals surface area (Å²) in [4.78, 5) is 15.3. The molecule has 0 amide bonds. The van der Waals surface area contributed by atoms with E-state index in [4.69, 9.17) is 5.84 Å². The number of para-hydroxylation sites is 1. The molecule has 4 N–H and O–H groups in total. The largest absolute Gasteiger partial charge is 0.477 e. The van der Waals surface area contributed by atoms with E-state index >= 15 is 0 Å². The number of hydrogen-bond donors (Lipinski definition) is 3. The van der Waals surface area contributed by atoms with Gasteiger partial charge in [-0.1, -0.05) is 12.1 Å². The van der Waals surface area contributed by atoms with E-state index in [0.29, 0.717) is 5.56 Å². The number of aromatic nitrogens is 1. The predicted molar refractivity (Wildman–Crippen MR) is 80.9 cm³/mol. The lowest BCUT2D eigenvalue weighted by Gasteiger charge is -2.24. The Bertz CT molecular complexity index is 704. The number of carbonyl (C=O) groups is 1. The van der Waals surface area contributed by atoms with Crippen LogP contribution in [0.4, 0.5) is 10.1 Å². The molecule has 0 saturated heterocycles. The average Bonchev–Trinajstić information content (AvgIpc) is 2.52. The van der Waals surface area contributed by atoms with Gasteiger partial charge in [0.15, 0.2) is 0 Å². The van der Waals surface area contributed by atoms with Crippen molar-refractivity contribution < 1.29 is 14.3 Å². The Kier molecular flexibility index (Phi) is 4.70. The molecule has 1 aromatic heterocycles. The summed E-state index contributed by atoms with van der Waals surface area (Å²) in [5.41, 5.74) is 0.523. The van der Waals surface area contributed by atoms with Gasteiger partial charge in [-0.15, -0.1) is 0 Å². The van der Waals surface area contributed by atoms with E-state index in [1.807, 2.05) is 0 Å². The Morgan fingerprint density at radius 2 is 1.91 bits per heavy atom. The zero-order chi connectivity index (χ0) is 16.1. The van der Waals surface area contributed by atoms with Crippen molar-refractivity contribution >= 4 is 17.4 Å². The summed E-state index contributed by atoms with van der Waals surface area (Å²) in [7, 11) is 1.46. The fourth-order valence-electron chi connectivity index (χ4n) is 2.01. The molecule has 2 rings (SSSR count). The summed E-state index contributed by atoms with van der Waals surface area (Å²) in [6, 6.07) is 9.04. The molecule has 0 bridgehead atoms. The van der Waals surface area contributed by atoms with E-state index in [1.54, 1.807) is 18.2 Å². The summed E-state index contributed by atoms with van der Waals surface area (Å²) in [6.07, 6.45) is 3.00. The highest BCUT2D eigenvalue weighted by molar-refractivity contribution is 5.98. The second kappa shape index (κ2) is 6.68. The number of pyridine rings is 1. The number of nitrogens with two attached hydrogens (primary N) is 1. The molecule has 2 aromatic rings. The highest BCUT2D eigenvalue weighted by atomic mass is 19.1. The minimum absolute atomic E-state index is 0.0586. The summed E-state index contributed by atoms with van der Waals surface area (Å²) in [6.45, 7) is 0. The first-order valence-corrected chi connectivity index (χ1v) is 6.41. The maximum Gasteiger partial charge on any atom is 0.354 e. The maximum absolute atomic E-state index is 14.0. The molecular formula is C15H15FN4O2. The van der Waals surface area contributed by atoms with Crippen LogP contribution in [0.1, 0.15) is 5.56 Å². The van der Waals surface area contributed by atoms with Crippen molar-refractivity contribution in [3.8, 4) is 0 Å². The molecule has 0 radical (unpaired) electrons. The second-order valence-corrected chi connectivity index (χ2v) is 4.34. The molecule has 1 heterocycles. The van der Waals surface area contributed by atoms with E-state index in [-0.39, 0.29) is 17.1 Å². The van der Waals surface area contributed by atoms with Crippen LogP contribution in [0, 0.1) is 5.82 Å². The van der Waals surface area contributed by atoms with Crippen LogP contribution < -0.4 is 16.2 Å². The number of nitrogens with zero attached hydrogens (tertiary/aromatic N) is 2. The number of likely N-dealkylation sites (N-methyl/N-ethyl adjacent to an activating group) is 1. The van der Waals surface area contributed by atoms with Crippen molar-refractivity contribution in [1.82, 2.24) is 10.3 Å². The van der Waals surface area contributed by atoms with Crippen LogP contribution in [0.25, 0.3) is 5.70 Å². The van der Waals surface area contributed by atoms with Gasteiger partial charge in [0.25, 0.3) is 0 Å². The molecule has 0 aliphatic carbocycles. The third-order valence-electron chi connectivity index (χ3n) is 3.01. The molecule has 1 aromatic carbocycles. The fourth-order valence-corrected chi connectivity index (χ4v) is 2.01. The highest BCUT2D eigenvalue weighted by Crippen LogP contribution is 2.27. The zero-order valence-corrected chi connectivity index (χ0v) is 11.8. The molecule has 0 atom stereocenters. The molecular weight excluding hydrogens is 287 g/mol. The number of hydrazine groups is 1. The monoisotopic (exact) mass is 302 g/mol. The standard InChI is InChI=1S/C15H15FN4O2/c1-18-13(15(21)22)14(10-6-8-19-9-7-10)20(17)12-5-3-2-4-11(12)16/h2-9,18H,17H2,1H3,(H,21,22)/b14-13-. The number of halogens is 1. The Labute approximate surface area is 126 Å². The molecule has 0 unspecified atom stereocenters. The number of carboxylic acid groups (broad SMARTS) is 1. The van der Waals surface area contributed by atoms with Gasteiger partial charge in [0.2, 0.25) is 0 Å². The molecule has 0 saturated carbocycles. The van der Waals surface area contributed by atoms with Gasteiger partial charge in [0.1, 0.15) is 11.5 Å². The Balaban J connectivity index is 2.65. The zero-order valence-electron chi connectivity index (χ0n) is 11.8. The second-order valence-electron chi connectivity index (χ2n) is 4.34. The molecule has 0 aliphatic rings. The SMILES string of the molecule is CN/C(C(=O)O)=C(/c1ccncc1)N(N)c1ccccc1F.